The van der Waals surface area contributed by atoms with E-state index in [1.165, 1.54) is 19.3 Å². The predicted molar refractivity (Wildman–Crippen MR) is 71.1 cm³/mol. The fourth-order valence-electron chi connectivity index (χ4n) is 2.74. The van der Waals surface area contributed by atoms with E-state index < -0.39 is 0 Å². The summed E-state index contributed by atoms with van der Waals surface area (Å²) in [5.41, 5.74) is 6.37. The molecule has 6 nitrogen and oxygen atoms in total. The first kappa shape index (κ1) is 11.3. The van der Waals surface area contributed by atoms with Gasteiger partial charge in [-0.2, -0.15) is 15.1 Å². The second-order valence-corrected chi connectivity index (χ2v) is 5.11. The molecule has 2 unspecified atom stereocenters. The number of anilines is 2. The third-order valence-electron chi connectivity index (χ3n) is 3.90. The summed E-state index contributed by atoms with van der Waals surface area (Å²) in [6, 6.07) is 0. The molecule has 0 saturated heterocycles. The van der Waals surface area contributed by atoms with Crippen LogP contribution in [0.2, 0.25) is 0 Å². The van der Waals surface area contributed by atoms with Crippen LogP contribution in [0.4, 0.5) is 11.8 Å². The number of nitrogens with two attached hydrogens (primary N) is 1. The molecule has 3 rings (SSSR count). The van der Waals surface area contributed by atoms with Gasteiger partial charge in [-0.25, -0.2) is 0 Å². The number of aromatic nitrogens is 4. The summed E-state index contributed by atoms with van der Waals surface area (Å²) < 4.78 is 0. The van der Waals surface area contributed by atoms with Crippen LogP contribution >= 0.6 is 0 Å². The number of fused-ring (bicyclic) bond motifs is 1. The van der Waals surface area contributed by atoms with Crippen LogP contribution in [0.15, 0.2) is 6.20 Å². The zero-order chi connectivity index (χ0) is 12.5. The summed E-state index contributed by atoms with van der Waals surface area (Å²) in [7, 11) is 0. The zero-order valence-electron chi connectivity index (χ0n) is 10.5. The van der Waals surface area contributed by atoms with Crippen molar-refractivity contribution < 1.29 is 0 Å². The van der Waals surface area contributed by atoms with Crippen LogP contribution in [0.5, 0.6) is 0 Å². The fourth-order valence-corrected chi connectivity index (χ4v) is 2.74. The maximum absolute atomic E-state index is 5.68. The molecular weight excluding hydrogens is 228 g/mol. The van der Waals surface area contributed by atoms with E-state index in [1.54, 1.807) is 6.20 Å². The van der Waals surface area contributed by atoms with Gasteiger partial charge < -0.3 is 11.1 Å². The Balaban J connectivity index is 1.79. The highest BCUT2D eigenvalue weighted by atomic mass is 15.2. The summed E-state index contributed by atoms with van der Waals surface area (Å²) in [5.74, 6) is 2.57. The largest absolute Gasteiger partial charge is 0.369 e. The molecule has 1 fully saturated rings. The predicted octanol–water partition coefficient (Wildman–Crippen LogP) is 1.78. The average molecular weight is 246 g/mol. The van der Waals surface area contributed by atoms with Gasteiger partial charge in [0.1, 0.15) is 5.82 Å². The zero-order valence-corrected chi connectivity index (χ0v) is 10.5. The first-order valence-corrected chi connectivity index (χ1v) is 6.44. The number of H-pyrrole nitrogens is 1. The first-order chi connectivity index (χ1) is 8.74. The van der Waals surface area contributed by atoms with Crippen LogP contribution in [-0.2, 0) is 0 Å². The van der Waals surface area contributed by atoms with Gasteiger partial charge in [-0.15, -0.1) is 0 Å². The molecule has 0 spiro atoms. The Bertz CT molecular complexity index is 548. The number of rotatable bonds is 3. The Labute approximate surface area is 105 Å². The van der Waals surface area contributed by atoms with Crippen LogP contribution in [0.3, 0.4) is 0 Å². The molecule has 2 aromatic heterocycles. The van der Waals surface area contributed by atoms with E-state index in [-0.39, 0.29) is 5.95 Å². The molecule has 0 radical (unpaired) electrons. The van der Waals surface area contributed by atoms with Gasteiger partial charge in [0.05, 0.1) is 11.6 Å². The van der Waals surface area contributed by atoms with Crippen molar-refractivity contribution in [1.82, 2.24) is 20.2 Å². The van der Waals surface area contributed by atoms with Crippen molar-refractivity contribution in [1.29, 1.82) is 0 Å². The summed E-state index contributed by atoms with van der Waals surface area (Å²) >= 11 is 0. The fraction of sp³-hybridized carbons (Fsp3) is 0.583. The molecule has 0 amide bonds. The minimum atomic E-state index is 0.272. The lowest BCUT2D eigenvalue weighted by molar-refractivity contribution is 0.439. The van der Waals surface area contributed by atoms with Gasteiger partial charge in [0.15, 0.2) is 5.65 Å². The standard InChI is InChI=1S/C12H18N6/c1-7-3-2-4-8(7)5-14-10-9-6-15-18-11(9)17-12(13)16-10/h6-8H,2-5H2,1H3,(H4,13,14,15,16,17,18). The van der Waals surface area contributed by atoms with Crippen molar-refractivity contribution in [3.63, 3.8) is 0 Å². The summed E-state index contributed by atoms with van der Waals surface area (Å²) in [6.45, 7) is 3.26. The van der Waals surface area contributed by atoms with E-state index in [4.69, 9.17) is 5.73 Å². The van der Waals surface area contributed by atoms with Crippen molar-refractivity contribution in [3.8, 4) is 0 Å². The number of nitrogens with one attached hydrogen (secondary N) is 2. The highest BCUT2D eigenvalue weighted by molar-refractivity contribution is 5.86. The van der Waals surface area contributed by atoms with Crippen molar-refractivity contribution in [2.24, 2.45) is 11.8 Å². The molecule has 2 atom stereocenters. The van der Waals surface area contributed by atoms with E-state index in [0.717, 1.165) is 29.6 Å². The van der Waals surface area contributed by atoms with Crippen LogP contribution in [0.1, 0.15) is 26.2 Å². The maximum atomic E-state index is 5.68. The Hall–Kier alpha value is -1.85. The number of nitrogens with zero attached hydrogens (tertiary/aromatic N) is 3. The monoisotopic (exact) mass is 246 g/mol. The number of hydrogen-bond donors (Lipinski definition) is 3. The van der Waals surface area contributed by atoms with E-state index in [1.807, 2.05) is 0 Å². The van der Waals surface area contributed by atoms with Crippen molar-refractivity contribution in [2.75, 3.05) is 17.6 Å². The third kappa shape index (κ3) is 1.98. The second kappa shape index (κ2) is 4.44. The lowest BCUT2D eigenvalue weighted by Gasteiger charge is -2.16. The highest BCUT2D eigenvalue weighted by Gasteiger charge is 2.23. The number of nitrogen functional groups attached to an aromatic ring is 1. The lowest BCUT2D eigenvalue weighted by Crippen LogP contribution is -2.17. The van der Waals surface area contributed by atoms with Gasteiger partial charge in [0, 0.05) is 6.54 Å². The summed E-state index contributed by atoms with van der Waals surface area (Å²) in [6.07, 6.45) is 5.69. The molecule has 6 heteroatoms. The van der Waals surface area contributed by atoms with E-state index in [2.05, 4.69) is 32.4 Å². The topological polar surface area (TPSA) is 92.5 Å². The van der Waals surface area contributed by atoms with Crippen molar-refractivity contribution >= 4 is 22.8 Å². The lowest BCUT2D eigenvalue weighted by atomic mass is 9.98. The molecule has 0 aromatic carbocycles. The van der Waals surface area contributed by atoms with Crippen LogP contribution in [-0.4, -0.2) is 26.7 Å². The van der Waals surface area contributed by atoms with Gasteiger partial charge in [0.25, 0.3) is 0 Å². The molecule has 2 aromatic rings. The van der Waals surface area contributed by atoms with E-state index in [0.29, 0.717) is 5.65 Å². The Kier molecular flexibility index (Phi) is 2.77. The second-order valence-electron chi connectivity index (χ2n) is 5.11. The van der Waals surface area contributed by atoms with Gasteiger partial charge in [-0.3, -0.25) is 5.10 Å². The number of hydrogen-bond acceptors (Lipinski definition) is 5. The average Bonchev–Trinajstić information content (AvgIpc) is 2.94. The van der Waals surface area contributed by atoms with Gasteiger partial charge in [-0.1, -0.05) is 19.8 Å². The first-order valence-electron chi connectivity index (χ1n) is 6.44. The molecular formula is C12H18N6. The smallest absolute Gasteiger partial charge is 0.224 e. The highest BCUT2D eigenvalue weighted by Crippen LogP contribution is 2.31. The minimum absolute atomic E-state index is 0.272. The molecule has 1 aliphatic carbocycles. The third-order valence-corrected chi connectivity index (χ3v) is 3.90. The van der Waals surface area contributed by atoms with Crippen LogP contribution < -0.4 is 11.1 Å². The molecule has 2 heterocycles. The summed E-state index contributed by atoms with van der Waals surface area (Å²) in [4.78, 5) is 8.35. The van der Waals surface area contributed by atoms with Gasteiger partial charge in [0.2, 0.25) is 5.95 Å². The molecule has 1 saturated carbocycles. The Morgan fingerprint density at radius 2 is 2.33 bits per heavy atom. The molecule has 4 N–H and O–H groups in total. The quantitative estimate of drug-likeness (QED) is 0.767. The Morgan fingerprint density at radius 3 is 3.11 bits per heavy atom. The van der Waals surface area contributed by atoms with E-state index in [9.17, 15) is 0 Å². The van der Waals surface area contributed by atoms with Crippen LogP contribution in [0, 0.1) is 11.8 Å². The normalized spacial score (nSPS) is 23.6. The van der Waals surface area contributed by atoms with Gasteiger partial charge in [-0.05, 0) is 18.3 Å². The molecule has 18 heavy (non-hydrogen) atoms. The Morgan fingerprint density at radius 1 is 1.44 bits per heavy atom. The summed E-state index contributed by atoms with van der Waals surface area (Å²) in [5, 5.41) is 11.1. The van der Waals surface area contributed by atoms with Crippen LogP contribution in [0.25, 0.3) is 11.0 Å². The van der Waals surface area contributed by atoms with Crippen molar-refractivity contribution in [2.45, 2.75) is 26.2 Å². The minimum Gasteiger partial charge on any atom is -0.369 e. The van der Waals surface area contributed by atoms with E-state index >= 15 is 0 Å². The molecule has 0 bridgehead atoms. The SMILES string of the molecule is CC1CCCC1CNc1nc(N)nc2[nH]ncc12. The molecule has 1 aliphatic rings. The molecule has 0 aliphatic heterocycles. The maximum Gasteiger partial charge on any atom is 0.224 e. The van der Waals surface area contributed by atoms with Crippen molar-refractivity contribution in [3.05, 3.63) is 6.20 Å². The number of aromatic amines is 1. The molecule has 96 valence electrons. The van der Waals surface area contributed by atoms with Gasteiger partial charge >= 0.3 is 0 Å².